The Morgan fingerprint density at radius 1 is 1.31 bits per heavy atom. The van der Waals surface area contributed by atoms with E-state index >= 15 is 0 Å². The van der Waals surface area contributed by atoms with Gasteiger partial charge in [-0.15, -0.1) is 0 Å². The van der Waals surface area contributed by atoms with E-state index in [0.717, 1.165) is 41.2 Å². The van der Waals surface area contributed by atoms with Crippen LogP contribution in [0.5, 0.6) is 0 Å². The lowest BCUT2D eigenvalue weighted by Gasteiger charge is -2.17. The predicted molar refractivity (Wildman–Crippen MR) is 71.2 cm³/mol. The molecule has 0 aromatic heterocycles. The molecule has 2 rings (SSSR count). The van der Waals surface area contributed by atoms with Crippen LogP contribution in [0.15, 0.2) is 22.7 Å². The molecule has 16 heavy (non-hydrogen) atoms. The molecule has 1 aliphatic rings. The van der Waals surface area contributed by atoms with E-state index in [4.69, 9.17) is 16.3 Å². The second-order valence-corrected chi connectivity index (χ2v) is 5.27. The Kier molecular flexibility index (Phi) is 4.50. The van der Waals surface area contributed by atoms with Crippen molar-refractivity contribution < 1.29 is 4.74 Å². The molecule has 0 aliphatic carbocycles. The molecule has 1 heterocycles. The Morgan fingerprint density at radius 3 is 3.00 bits per heavy atom. The van der Waals surface area contributed by atoms with Crippen LogP contribution in [-0.2, 0) is 4.74 Å². The normalized spacial score (nSPS) is 21.5. The van der Waals surface area contributed by atoms with E-state index in [-0.39, 0.29) is 0 Å². The molecule has 88 valence electrons. The molecule has 0 spiro atoms. The van der Waals surface area contributed by atoms with Crippen LogP contribution in [0, 0.1) is 0 Å². The van der Waals surface area contributed by atoms with Crippen molar-refractivity contribution in [3.63, 3.8) is 0 Å². The number of benzene rings is 1. The second kappa shape index (κ2) is 5.89. The van der Waals surface area contributed by atoms with Crippen LogP contribution in [0.2, 0.25) is 5.02 Å². The molecule has 4 heteroatoms. The molecule has 1 unspecified atom stereocenters. The number of ether oxygens (including phenoxy) is 1. The van der Waals surface area contributed by atoms with Crippen LogP contribution >= 0.6 is 27.5 Å². The van der Waals surface area contributed by atoms with E-state index < -0.39 is 0 Å². The maximum atomic E-state index is 5.95. The lowest BCUT2D eigenvalue weighted by Crippen LogP contribution is -2.19. The fourth-order valence-electron chi connectivity index (χ4n) is 1.87. The zero-order valence-electron chi connectivity index (χ0n) is 9.01. The molecular formula is C12H15BrClNO. The van der Waals surface area contributed by atoms with Gasteiger partial charge in [-0.25, -0.2) is 0 Å². The lowest BCUT2D eigenvalue weighted by atomic mass is 10.1. The van der Waals surface area contributed by atoms with Gasteiger partial charge < -0.3 is 10.1 Å². The summed E-state index contributed by atoms with van der Waals surface area (Å²) >= 11 is 9.38. The highest BCUT2D eigenvalue weighted by molar-refractivity contribution is 9.10. The molecule has 2 nitrogen and oxygen atoms in total. The zero-order valence-corrected chi connectivity index (χ0v) is 11.4. The van der Waals surface area contributed by atoms with E-state index in [1.165, 1.54) is 6.42 Å². The quantitative estimate of drug-likeness (QED) is 0.889. The fraction of sp³-hybridized carbons (Fsp3) is 0.500. The van der Waals surface area contributed by atoms with Crippen molar-refractivity contribution in [1.82, 2.24) is 0 Å². The van der Waals surface area contributed by atoms with Gasteiger partial charge in [-0.1, -0.05) is 11.6 Å². The summed E-state index contributed by atoms with van der Waals surface area (Å²) in [4.78, 5) is 0. The van der Waals surface area contributed by atoms with Crippen LogP contribution < -0.4 is 5.32 Å². The van der Waals surface area contributed by atoms with Crippen LogP contribution in [-0.4, -0.2) is 19.3 Å². The smallest absolute Gasteiger partial charge is 0.0549 e. The monoisotopic (exact) mass is 303 g/mol. The molecule has 1 N–H and O–H groups in total. The highest BCUT2D eigenvalue weighted by atomic mass is 79.9. The molecule has 0 saturated carbocycles. The van der Waals surface area contributed by atoms with Gasteiger partial charge in [0.05, 0.1) is 5.02 Å². The summed E-state index contributed by atoms with van der Waals surface area (Å²) in [5.41, 5.74) is 1.11. The topological polar surface area (TPSA) is 21.3 Å². The first-order valence-electron chi connectivity index (χ1n) is 5.55. The van der Waals surface area contributed by atoms with Crippen LogP contribution in [0.3, 0.4) is 0 Å². The Hall–Kier alpha value is -0.250. The number of rotatable bonds is 2. The van der Waals surface area contributed by atoms with E-state index in [1.807, 2.05) is 18.2 Å². The highest BCUT2D eigenvalue weighted by Crippen LogP contribution is 2.26. The van der Waals surface area contributed by atoms with Gasteiger partial charge in [-0.2, -0.15) is 0 Å². The molecular weight excluding hydrogens is 289 g/mol. The molecule has 1 aliphatic heterocycles. The standard InChI is InChI=1S/C12H15BrClNO/c13-11-8-10(3-4-12(11)14)15-9-2-1-6-16-7-5-9/h3-4,8-9,15H,1-2,5-7H2. The van der Waals surface area contributed by atoms with Gasteiger partial charge in [-0.3, -0.25) is 0 Å². The van der Waals surface area contributed by atoms with Gasteiger partial charge in [0, 0.05) is 29.4 Å². The minimum absolute atomic E-state index is 0.510. The third kappa shape index (κ3) is 3.37. The van der Waals surface area contributed by atoms with Crippen molar-refractivity contribution in [3.8, 4) is 0 Å². The largest absolute Gasteiger partial charge is 0.382 e. The first-order chi connectivity index (χ1) is 7.75. The fourth-order valence-corrected chi connectivity index (χ4v) is 2.37. The van der Waals surface area contributed by atoms with Crippen LogP contribution in [0.1, 0.15) is 19.3 Å². The Labute approximate surface area is 109 Å². The van der Waals surface area contributed by atoms with Gasteiger partial charge in [0.15, 0.2) is 0 Å². The molecule has 1 fully saturated rings. The summed E-state index contributed by atoms with van der Waals surface area (Å²) in [6.07, 6.45) is 3.37. The predicted octanol–water partition coefficient (Wildman–Crippen LogP) is 4.08. The molecule has 1 aromatic rings. The van der Waals surface area contributed by atoms with Crippen molar-refractivity contribution >= 4 is 33.2 Å². The molecule has 1 aromatic carbocycles. The van der Waals surface area contributed by atoms with Crippen LogP contribution in [0.4, 0.5) is 5.69 Å². The zero-order chi connectivity index (χ0) is 11.4. The third-order valence-corrected chi connectivity index (χ3v) is 3.96. The summed E-state index contributed by atoms with van der Waals surface area (Å²) in [7, 11) is 0. The van der Waals surface area contributed by atoms with E-state index in [0.29, 0.717) is 6.04 Å². The first kappa shape index (κ1) is 12.2. The number of nitrogens with one attached hydrogen (secondary N) is 1. The van der Waals surface area contributed by atoms with Crippen molar-refractivity contribution in [1.29, 1.82) is 0 Å². The van der Waals surface area contributed by atoms with Crippen molar-refractivity contribution in [3.05, 3.63) is 27.7 Å². The van der Waals surface area contributed by atoms with E-state index in [1.54, 1.807) is 0 Å². The first-order valence-corrected chi connectivity index (χ1v) is 6.72. The van der Waals surface area contributed by atoms with Gasteiger partial charge in [0.1, 0.15) is 0 Å². The highest BCUT2D eigenvalue weighted by Gasteiger charge is 2.12. The molecule has 1 atom stereocenters. The maximum absolute atomic E-state index is 5.95. The number of hydrogen-bond donors (Lipinski definition) is 1. The molecule has 0 radical (unpaired) electrons. The van der Waals surface area contributed by atoms with E-state index in [2.05, 4.69) is 21.2 Å². The van der Waals surface area contributed by atoms with Gasteiger partial charge in [0.25, 0.3) is 0 Å². The van der Waals surface area contributed by atoms with Crippen molar-refractivity contribution in [2.45, 2.75) is 25.3 Å². The Morgan fingerprint density at radius 2 is 2.19 bits per heavy atom. The SMILES string of the molecule is Clc1ccc(NC2CCCOCC2)cc1Br. The number of anilines is 1. The third-order valence-electron chi connectivity index (χ3n) is 2.74. The minimum Gasteiger partial charge on any atom is -0.382 e. The van der Waals surface area contributed by atoms with Crippen LogP contribution in [0.25, 0.3) is 0 Å². The molecule has 0 amide bonds. The average molecular weight is 305 g/mol. The van der Waals surface area contributed by atoms with Gasteiger partial charge >= 0.3 is 0 Å². The summed E-state index contributed by atoms with van der Waals surface area (Å²) in [5.74, 6) is 0. The Bertz CT molecular complexity index is 351. The molecule has 1 saturated heterocycles. The number of halogens is 2. The summed E-state index contributed by atoms with van der Waals surface area (Å²) in [6, 6.07) is 6.45. The summed E-state index contributed by atoms with van der Waals surface area (Å²) in [6.45, 7) is 1.74. The second-order valence-electron chi connectivity index (χ2n) is 4.01. The number of hydrogen-bond acceptors (Lipinski definition) is 2. The maximum Gasteiger partial charge on any atom is 0.0549 e. The lowest BCUT2D eigenvalue weighted by molar-refractivity contribution is 0.144. The average Bonchev–Trinajstić information content (AvgIpc) is 2.52. The summed E-state index contributed by atoms with van der Waals surface area (Å²) in [5, 5.41) is 4.27. The van der Waals surface area contributed by atoms with Gasteiger partial charge in [-0.05, 0) is 53.4 Å². The van der Waals surface area contributed by atoms with Gasteiger partial charge in [0.2, 0.25) is 0 Å². The van der Waals surface area contributed by atoms with E-state index in [9.17, 15) is 0 Å². The Balaban J connectivity index is 1.99. The summed E-state index contributed by atoms with van der Waals surface area (Å²) < 4.78 is 6.37. The van der Waals surface area contributed by atoms with Crippen molar-refractivity contribution in [2.75, 3.05) is 18.5 Å². The minimum atomic E-state index is 0.510. The molecule has 0 bridgehead atoms. The van der Waals surface area contributed by atoms with Crippen molar-refractivity contribution in [2.24, 2.45) is 0 Å².